The van der Waals surface area contributed by atoms with Gasteiger partial charge in [0.05, 0.1) is 19.8 Å². The Bertz CT molecular complexity index is 1220. The molecule has 2 heterocycles. The molecule has 0 fully saturated rings. The zero-order valence-corrected chi connectivity index (χ0v) is 17.1. The van der Waals surface area contributed by atoms with Crippen molar-refractivity contribution in [3.63, 3.8) is 0 Å². The molecule has 0 N–H and O–H groups in total. The van der Waals surface area contributed by atoms with Crippen molar-refractivity contribution < 1.29 is 52.1 Å². The van der Waals surface area contributed by atoms with E-state index in [4.69, 9.17) is 18.6 Å². The van der Waals surface area contributed by atoms with E-state index in [1.165, 1.54) is 13.8 Å². The number of rotatable bonds is 6. The van der Waals surface area contributed by atoms with Crippen molar-refractivity contribution in [2.45, 2.75) is 20.8 Å². The summed E-state index contributed by atoms with van der Waals surface area (Å²) in [6.07, 6.45) is 0. The van der Waals surface area contributed by atoms with Crippen LogP contribution in [0.15, 0.2) is 15.3 Å². The molecular weight excluding hydrogens is 432 g/mol. The molecule has 0 saturated heterocycles. The molecule has 0 radical (unpaired) electrons. The molecule has 2 aromatic rings. The van der Waals surface area contributed by atoms with Crippen molar-refractivity contribution in [2.24, 2.45) is 0 Å². The molecule has 0 unspecified atom stereocenters. The largest absolute Gasteiger partial charge is 0.493 e. The third kappa shape index (κ3) is 3.77. The van der Waals surface area contributed by atoms with E-state index < -0.39 is 63.3 Å². The van der Waals surface area contributed by atoms with Crippen LogP contribution in [0.3, 0.4) is 0 Å². The summed E-state index contributed by atoms with van der Waals surface area (Å²) in [6.45, 7) is 4.33. The topological polar surface area (TPSA) is 162 Å². The molecule has 0 spiro atoms. The summed E-state index contributed by atoms with van der Waals surface area (Å²) in [4.78, 5) is 73.4. The van der Waals surface area contributed by atoms with Crippen molar-refractivity contribution in [1.29, 1.82) is 0 Å². The van der Waals surface area contributed by atoms with Crippen molar-refractivity contribution in [2.75, 3.05) is 19.8 Å². The van der Waals surface area contributed by atoms with E-state index in [1.54, 1.807) is 6.92 Å². The first kappa shape index (κ1) is 22.5. The molecule has 168 valence electrons. The van der Waals surface area contributed by atoms with Crippen LogP contribution in [0.25, 0.3) is 11.0 Å². The average Bonchev–Trinajstić information content (AvgIpc) is 3.02. The summed E-state index contributed by atoms with van der Waals surface area (Å²) in [6, 6.07) is 1.10. The van der Waals surface area contributed by atoms with E-state index >= 15 is 0 Å². The molecule has 0 amide bonds. The van der Waals surface area contributed by atoms with Crippen molar-refractivity contribution in [3.8, 4) is 17.4 Å². The molecule has 0 aliphatic carbocycles. The second-order valence-corrected chi connectivity index (χ2v) is 6.03. The molecule has 3 rings (SSSR count). The van der Waals surface area contributed by atoms with Gasteiger partial charge in [0.2, 0.25) is 5.43 Å². The lowest BCUT2D eigenvalue weighted by atomic mass is 10.0. The lowest BCUT2D eigenvalue weighted by Gasteiger charge is -2.16. The van der Waals surface area contributed by atoms with Crippen LogP contribution in [0.1, 0.15) is 41.5 Å². The van der Waals surface area contributed by atoms with Crippen LogP contribution >= 0.6 is 0 Å². The first-order valence-electron chi connectivity index (χ1n) is 9.38. The SMILES string of the molecule is CCOC(=O)C(=O)Oc1c(C(=O)OCC)c(OCC)cc2oc3c(c(=O)c12)C(=O)C(=O)O3. The molecule has 12 nitrogen and oxygen atoms in total. The number of esters is 4. The molecule has 0 saturated carbocycles. The number of hydrogen-bond donors (Lipinski definition) is 0. The van der Waals surface area contributed by atoms with Gasteiger partial charge in [0.15, 0.2) is 11.3 Å². The molecule has 1 aliphatic heterocycles. The van der Waals surface area contributed by atoms with E-state index in [9.17, 15) is 28.8 Å². The summed E-state index contributed by atoms with van der Waals surface area (Å²) in [5.41, 5.74) is -2.74. The van der Waals surface area contributed by atoms with Gasteiger partial charge in [-0.2, -0.15) is 0 Å². The maximum absolute atomic E-state index is 13.1. The molecule has 1 aromatic carbocycles. The Balaban J connectivity index is 2.38. The summed E-state index contributed by atoms with van der Waals surface area (Å²) >= 11 is 0. The fourth-order valence-electron chi connectivity index (χ4n) is 2.87. The zero-order valence-electron chi connectivity index (χ0n) is 17.1. The molecule has 0 bridgehead atoms. The standard InChI is InChI=1S/C20H16O12/c1-4-27-8-7-9-10(13(21)12-14(22)17(24)32-20(12)30-9)15(11(8)16(23)28-5-2)31-19(26)18(25)29-6-3/h7H,4-6H2,1-3H3. The number of Topliss-reactive ketones (excluding diaryl/α,β-unsaturated/α-hetero) is 1. The van der Waals surface area contributed by atoms with Crippen molar-refractivity contribution in [3.05, 3.63) is 27.4 Å². The van der Waals surface area contributed by atoms with E-state index in [-0.39, 0.29) is 31.2 Å². The lowest BCUT2D eigenvalue weighted by molar-refractivity contribution is -0.161. The van der Waals surface area contributed by atoms with Gasteiger partial charge in [-0.25, -0.2) is 19.2 Å². The highest BCUT2D eigenvalue weighted by atomic mass is 16.6. The highest BCUT2D eigenvalue weighted by Gasteiger charge is 2.39. The lowest BCUT2D eigenvalue weighted by Crippen LogP contribution is -2.25. The van der Waals surface area contributed by atoms with Crippen LogP contribution in [0.4, 0.5) is 0 Å². The molecule has 1 aliphatic rings. The summed E-state index contributed by atoms with van der Waals surface area (Å²) in [5, 5.41) is -0.584. The number of carbonyl (C=O) groups excluding carboxylic acids is 5. The Hall–Kier alpha value is -4.22. The molecular formula is C20H16O12. The van der Waals surface area contributed by atoms with E-state index in [1.807, 2.05) is 0 Å². The van der Waals surface area contributed by atoms with E-state index in [0.29, 0.717) is 0 Å². The second-order valence-electron chi connectivity index (χ2n) is 6.03. The second kappa shape index (κ2) is 8.88. The van der Waals surface area contributed by atoms with Gasteiger partial charge in [-0.1, -0.05) is 0 Å². The zero-order chi connectivity index (χ0) is 23.6. The smallest absolute Gasteiger partial charge is 0.422 e. The van der Waals surface area contributed by atoms with Gasteiger partial charge >= 0.3 is 29.8 Å². The van der Waals surface area contributed by atoms with E-state index in [2.05, 4.69) is 9.47 Å². The predicted octanol–water partition coefficient (Wildman–Crippen LogP) is 0.939. The fraction of sp³-hybridized carbons (Fsp3) is 0.300. The fourth-order valence-corrected chi connectivity index (χ4v) is 2.87. The minimum absolute atomic E-state index is 0.0336. The number of hydrogen-bond acceptors (Lipinski definition) is 12. The Morgan fingerprint density at radius 3 is 2.25 bits per heavy atom. The summed E-state index contributed by atoms with van der Waals surface area (Å²) in [5.74, 6) is -8.30. The Morgan fingerprint density at radius 1 is 0.938 bits per heavy atom. The highest BCUT2D eigenvalue weighted by Crippen LogP contribution is 2.39. The predicted molar refractivity (Wildman–Crippen MR) is 102 cm³/mol. The van der Waals surface area contributed by atoms with Gasteiger partial charge in [-0.05, 0) is 20.8 Å². The molecule has 32 heavy (non-hydrogen) atoms. The Kier molecular flexibility index (Phi) is 6.23. The van der Waals surface area contributed by atoms with Gasteiger partial charge in [-0.15, -0.1) is 0 Å². The van der Waals surface area contributed by atoms with Crippen LogP contribution in [-0.2, 0) is 23.9 Å². The van der Waals surface area contributed by atoms with Gasteiger partial charge in [-0.3, -0.25) is 9.59 Å². The van der Waals surface area contributed by atoms with Crippen molar-refractivity contribution >= 4 is 40.6 Å². The number of ether oxygens (including phenoxy) is 5. The van der Waals surface area contributed by atoms with Gasteiger partial charge in [0, 0.05) is 6.07 Å². The first-order valence-corrected chi connectivity index (χ1v) is 9.38. The van der Waals surface area contributed by atoms with Crippen LogP contribution in [0.5, 0.6) is 17.4 Å². The van der Waals surface area contributed by atoms with Gasteiger partial charge < -0.3 is 28.1 Å². The number of fused-ring (bicyclic) bond motifs is 2. The molecule has 0 atom stereocenters. The Morgan fingerprint density at radius 2 is 1.62 bits per heavy atom. The van der Waals surface area contributed by atoms with Crippen LogP contribution in [0, 0.1) is 0 Å². The van der Waals surface area contributed by atoms with Gasteiger partial charge in [0.25, 0.3) is 5.78 Å². The maximum Gasteiger partial charge on any atom is 0.422 e. The van der Waals surface area contributed by atoms with Gasteiger partial charge in [0.1, 0.15) is 22.3 Å². The third-order valence-electron chi connectivity index (χ3n) is 4.08. The molecule has 12 heteroatoms. The summed E-state index contributed by atoms with van der Waals surface area (Å²) in [7, 11) is 0. The minimum atomic E-state index is -1.56. The molecule has 1 aromatic heterocycles. The number of benzene rings is 1. The quantitative estimate of drug-likeness (QED) is 0.350. The van der Waals surface area contributed by atoms with Crippen LogP contribution in [-0.4, -0.2) is 49.5 Å². The van der Waals surface area contributed by atoms with Crippen LogP contribution in [0.2, 0.25) is 0 Å². The highest BCUT2D eigenvalue weighted by molar-refractivity contribution is 6.44. The van der Waals surface area contributed by atoms with E-state index in [0.717, 1.165) is 6.07 Å². The maximum atomic E-state index is 13.1. The normalized spacial score (nSPS) is 12.2. The monoisotopic (exact) mass is 448 g/mol. The average molecular weight is 448 g/mol. The van der Waals surface area contributed by atoms with Crippen LogP contribution < -0.4 is 19.6 Å². The Labute approximate surface area is 178 Å². The first-order chi connectivity index (χ1) is 15.2. The number of ketones is 1. The third-order valence-corrected chi connectivity index (χ3v) is 4.08. The summed E-state index contributed by atoms with van der Waals surface area (Å²) < 4.78 is 29.9. The van der Waals surface area contributed by atoms with Crippen molar-refractivity contribution in [1.82, 2.24) is 0 Å². The number of carbonyl (C=O) groups is 5. The minimum Gasteiger partial charge on any atom is -0.493 e.